The third-order valence-corrected chi connectivity index (χ3v) is 6.12. The van der Waals surface area contributed by atoms with Crippen molar-refractivity contribution in [1.29, 1.82) is 0 Å². The van der Waals surface area contributed by atoms with E-state index in [9.17, 15) is 9.59 Å². The van der Waals surface area contributed by atoms with Crippen molar-refractivity contribution in [3.05, 3.63) is 35.7 Å². The number of carbonyl (C=O) groups excluding carboxylic acids is 2. The molecule has 0 atom stereocenters. The molecule has 202 valence electrons. The fourth-order valence-corrected chi connectivity index (χ4v) is 4.20. The summed E-state index contributed by atoms with van der Waals surface area (Å²) in [6.07, 6.45) is 1.16. The number of likely N-dealkylation sites (N-methyl/N-ethyl adjacent to an activating group) is 1. The molecule has 10 nitrogen and oxygen atoms in total. The number of rotatable bonds is 8. The van der Waals surface area contributed by atoms with Crippen molar-refractivity contribution in [3.63, 3.8) is 0 Å². The second-order valence-corrected chi connectivity index (χ2v) is 10.1. The van der Waals surface area contributed by atoms with Crippen molar-refractivity contribution in [1.82, 2.24) is 14.9 Å². The highest BCUT2D eigenvalue weighted by Gasteiger charge is 2.26. The summed E-state index contributed by atoms with van der Waals surface area (Å²) in [5.74, 6) is 0.740. The number of hydrogen-bond donors (Lipinski definition) is 1. The molecule has 0 saturated carbocycles. The van der Waals surface area contributed by atoms with Crippen LogP contribution in [0, 0.1) is 13.8 Å². The van der Waals surface area contributed by atoms with Crippen LogP contribution in [0.1, 0.15) is 51.9 Å². The number of ether oxygens (including phenoxy) is 3. The molecule has 10 heteroatoms. The zero-order valence-corrected chi connectivity index (χ0v) is 23.0. The van der Waals surface area contributed by atoms with E-state index in [1.54, 1.807) is 39.5 Å². The Balaban J connectivity index is 1.50. The first-order valence-corrected chi connectivity index (χ1v) is 12.7. The number of aromatic nitrogens is 2. The Kier molecular flexibility index (Phi) is 9.18. The maximum Gasteiger partial charge on any atom is 0.412 e. The van der Waals surface area contributed by atoms with Crippen molar-refractivity contribution < 1.29 is 23.8 Å². The Hall–Kier alpha value is -3.56. The molecule has 1 aromatic carbocycles. The molecule has 3 rings (SSSR count). The molecular formula is C27H39N5O5. The normalized spacial score (nSPS) is 14.2. The lowest BCUT2D eigenvalue weighted by atomic mass is 10.0. The monoisotopic (exact) mass is 513 g/mol. The van der Waals surface area contributed by atoms with E-state index in [1.165, 1.54) is 0 Å². The lowest BCUT2D eigenvalue weighted by Crippen LogP contribution is -2.47. The number of amides is 2. The summed E-state index contributed by atoms with van der Waals surface area (Å²) in [4.78, 5) is 37.6. The van der Waals surface area contributed by atoms with Gasteiger partial charge in [0.05, 0.1) is 23.7 Å². The van der Waals surface area contributed by atoms with Crippen LogP contribution in [0.2, 0.25) is 0 Å². The minimum absolute atomic E-state index is 0.0943. The van der Waals surface area contributed by atoms with Crippen LogP contribution in [0.3, 0.4) is 0 Å². The van der Waals surface area contributed by atoms with Crippen LogP contribution in [0.25, 0.3) is 0 Å². The SMILES string of the molecule is CCOc1ccc(N2CCC(N(C)C(=O)COc3nc(C)c(NC(=O)OC(C)(C)C)c(C)n3)CC2)cc1. The first-order chi connectivity index (χ1) is 17.5. The van der Waals surface area contributed by atoms with Gasteiger partial charge in [-0.25, -0.2) is 4.79 Å². The van der Waals surface area contributed by atoms with E-state index < -0.39 is 11.7 Å². The molecule has 1 aromatic heterocycles. The summed E-state index contributed by atoms with van der Waals surface area (Å²) in [7, 11) is 1.81. The Morgan fingerprint density at radius 2 is 1.65 bits per heavy atom. The molecule has 2 heterocycles. The number of aryl methyl sites for hydroxylation is 2. The third-order valence-electron chi connectivity index (χ3n) is 6.12. The number of nitrogens with one attached hydrogen (secondary N) is 1. The zero-order chi connectivity index (χ0) is 27.2. The van der Waals surface area contributed by atoms with Crippen molar-refractivity contribution >= 4 is 23.4 Å². The maximum atomic E-state index is 12.8. The molecule has 0 radical (unpaired) electrons. The lowest BCUT2D eigenvalue weighted by molar-refractivity contribution is -0.134. The van der Waals surface area contributed by atoms with E-state index in [4.69, 9.17) is 14.2 Å². The van der Waals surface area contributed by atoms with Crippen LogP contribution >= 0.6 is 0 Å². The first-order valence-electron chi connectivity index (χ1n) is 12.7. The second kappa shape index (κ2) is 12.1. The summed E-state index contributed by atoms with van der Waals surface area (Å²) in [5, 5.41) is 2.68. The van der Waals surface area contributed by atoms with Gasteiger partial charge >= 0.3 is 12.1 Å². The van der Waals surface area contributed by atoms with Gasteiger partial charge in [0.1, 0.15) is 11.4 Å². The second-order valence-electron chi connectivity index (χ2n) is 10.1. The molecule has 0 unspecified atom stereocenters. The first kappa shape index (κ1) is 28.0. The minimum atomic E-state index is -0.617. The fourth-order valence-electron chi connectivity index (χ4n) is 4.20. The van der Waals surface area contributed by atoms with E-state index in [-0.39, 0.29) is 24.6 Å². The van der Waals surface area contributed by atoms with Gasteiger partial charge in [0.2, 0.25) is 0 Å². The Bertz CT molecular complexity index is 1050. The Morgan fingerprint density at radius 3 is 2.19 bits per heavy atom. The topological polar surface area (TPSA) is 106 Å². The van der Waals surface area contributed by atoms with Gasteiger partial charge in [-0.15, -0.1) is 0 Å². The van der Waals surface area contributed by atoms with E-state index in [2.05, 4.69) is 32.3 Å². The highest BCUT2D eigenvalue weighted by Crippen LogP contribution is 2.25. The predicted octanol–water partition coefficient (Wildman–Crippen LogP) is 4.35. The highest BCUT2D eigenvalue weighted by atomic mass is 16.6. The minimum Gasteiger partial charge on any atom is -0.494 e. The summed E-state index contributed by atoms with van der Waals surface area (Å²) in [6.45, 7) is 13.0. The summed E-state index contributed by atoms with van der Waals surface area (Å²) < 4.78 is 16.4. The van der Waals surface area contributed by atoms with Crippen LogP contribution in [-0.2, 0) is 9.53 Å². The summed E-state index contributed by atoms with van der Waals surface area (Å²) >= 11 is 0. The van der Waals surface area contributed by atoms with Crippen LogP contribution in [0.15, 0.2) is 24.3 Å². The Morgan fingerprint density at radius 1 is 1.05 bits per heavy atom. The molecule has 0 aliphatic carbocycles. The van der Waals surface area contributed by atoms with Crippen LogP contribution in [0.5, 0.6) is 11.8 Å². The van der Waals surface area contributed by atoms with Crippen LogP contribution < -0.4 is 19.7 Å². The fraction of sp³-hybridized carbons (Fsp3) is 0.556. The quantitative estimate of drug-likeness (QED) is 0.556. The molecule has 0 spiro atoms. The van der Waals surface area contributed by atoms with Crippen molar-refractivity contribution in [2.45, 2.75) is 66.0 Å². The molecule has 1 aliphatic rings. The van der Waals surface area contributed by atoms with Gasteiger partial charge in [0.15, 0.2) is 6.61 Å². The molecule has 1 saturated heterocycles. The van der Waals surface area contributed by atoms with Gasteiger partial charge in [0.25, 0.3) is 5.91 Å². The van der Waals surface area contributed by atoms with Gasteiger partial charge in [-0.1, -0.05) is 0 Å². The van der Waals surface area contributed by atoms with Gasteiger partial charge in [0, 0.05) is 31.9 Å². The standard InChI is InChI=1S/C27H39N5O5/c1-8-35-22-11-9-21(10-12-22)32-15-13-20(14-16-32)31(7)23(33)17-36-25-28-18(2)24(19(3)29-25)30-26(34)37-27(4,5)6/h9-12,20H,8,13-17H2,1-7H3,(H,30,34). The van der Waals surface area contributed by atoms with Crippen molar-refractivity contribution in [2.75, 3.05) is 43.6 Å². The number of hydrogen-bond acceptors (Lipinski definition) is 8. The maximum absolute atomic E-state index is 12.8. The van der Waals surface area contributed by atoms with E-state index >= 15 is 0 Å². The largest absolute Gasteiger partial charge is 0.494 e. The van der Waals surface area contributed by atoms with Crippen molar-refractivity contribution in [2.24, 2.45) is 0 Å². The average Bonchev–Trinajstić information content (AvgIpc) is 2.84. The van der Waals surface area contributed by atoms with Gasteiger partial charge in [-0.2, -0.15) is 9.97 Å². The van der Waals surface area contributed by atoms with E-state index in [0.29, 0.717) is 23.7 Å². The number of anilines is 2. The lowest BCUT2D eigenvalue weighted by Gasteiger charge is -2.37. The average molecular weight is 514 g/mol. The smallest absolute Gasteiger partial charge is 0.412 e. The predicted molar refractivity (Wildman–Crippen MR) is 142 cm³/mol. The number of nitrogens with zero attached hydrogens (tertiary/aromatic N) is 4. The van der Waals surface area contributed by atoms with Gasteiger partial charge in [-0.3, -0.25) is 10.1 Å². The molecule has 2 amide bonds. The molecular weight excluding hydrogens is 474 g/mol. The number of benzene rings is 1. The van der Waals surface area contributed by atoms with Crippen LogP contribution in [-0.4, -0.2) is 71.9 Å². The molecule has 1 aliphatic heterocycles. The summed E-state index contributed by atoms with van der Waals surface area (Å²) in [6, 6.07) is 8.36. The Labute approximate surface area is 219 Å². The van der Waals surface area contributed by atoms with E-state index in [1.807, 2.05) is 26.1 Å². The van der Waals surface area contributed by atoms with E-state index in [0.717, 1.165) is 37.4 Å². The molecule has 1 N–H and O–H groups in total. The van der Waals surface area contributed by atoms with Crippen molar-refractivity contribution in [3.8, 4) is 11.8 Å². The third kappa shape index (κ3) is 7.96. The van der Waals surface area contributed by atoms with Crippen LogP contribution in [0.4, 0.5) is 16.2 Å². The molecule has 0 bridgehead atoms. The highest BCUT2D eigenvalue weighted by molar-refractivity contribution is 5.86. The molecule has 1 fully saturated rings. The molecule has 2 aromatic rings. The molecule has 37 heavy (non-hydrogen) atoms. The number of carbonyl (C=O) groups is 2. The number of piperidine rings is 1. The zero-order valence-electron chi connectivity index (χ0n) is 23.0. The van der Waals surface area contributed by atoms with Gasteiger partial charge < -0.3 is 24.0 Å². The van der Waals surface area contributed by atoms with Gasteiger partial charge in [-0.05, 0) is 78.6 Å². The summed E-state index contributed by atoms with van der Waals surface area (Å²) in [5.41, 5.74) is 2.05.